The average Bonchev–Trinajstić information content (AvgIpc) is 2.86. The molecule has 1 aromatic heterocycles. The molecule has 4 nitrogen and oxygen atoms in total. The molecule has 2 aromatic rings. The molecule has 1 heterocycles. The Labute approximate surface area is 131 Å². The monoisotopic (exact) mass is 304 g/mol. The van der Waals surface area contributed by atoms with Gasteiger partial charge in [0.1, 0.15) is 6.33 Å². The molecule has 1 N–H and O–H groups in total. The minimum absolute atomic E-state index is 0.312. The van der Waals surface area contributed by atoms with E-state index in [4.69, 9.17) is 0 Å². The van der Waals surface area contributed by atoms with Gasteiger partial charge in [0.05, 0.1) is 0 Å². The van der Waals surface area contributed by atoms with Crippen molar-refractivity contribution in [3.8, 4) is 0 Å². The normalized spacial score (nSPS) is 14.1. The van der Waals surface area contributed by atoms with Crippen molar-refractivity contribution in [2.75, 3.05) is 6.54 Å². The summed E-state index contributed by atoms with van der Waals surface area (Å²) in [5.74, 6) is 0. The Balaban J connectivity index is 2.14. The third-order valence-corrected chi connectivity index (χ3v) is 4.71. The average molecular weight is 304 g/mol. The van der Waals surface area contributed by atoms with Gasteiger partial charge >= 0.3 is 0 Å². The highest BCUT2D eigenvalue weighted by Crippen LogP contribution is 2.30. The van der Waals surface area contributed by atoms with Gasteiger partial charge in [0.25, 0.3) is 0 Å². The number of benzene rings is 1. The zero-order valence-electron chi connectivity index (χ0n) is 13.2. The fourth-order valence-electron chi connectivity index (χ4n) is 2.26. The van der Waals surface area contributed by atoms with Crippen LogP contribution in [0.5, 0.6) is 0 Å². The third kappa shape index (κ3) is 4.32. The molecular weight excluding hydrogens is 280 g/mol. The molecule has 21 heavy (non-hydrogen) atoms. The number of thioether (sulfide) groups is 1. The summed E-state index contributed by atoms with van der Waals surface area (Å²) in [6, 6.07) is 9.10. The number of hydrogen-bond acceptors (Lipinski definition) is 4. The molecule has 0 bridgehead atoms. The van der Waals surface area contributed by atoms with Crippen molar-refractivity contribution in [3.63, 3.8) is 0 Å². The van der Waals surface area contributed by atoms with Gasteiger partial charge in [-0.25, -0.2) is 9.67 Å². The molecule has 2 unspecified atom stereocenters. The highest BCUT2D eigenvalue weighted by Gasteiger charge is 2.21. The molecular formula is C16H24N4S. The summed E-state index contributed by atoms with van der Waals surface area (Å²) in [6.45, 7) is 7.57. The molecule has 0 aliphatic heterocycles. The Bertz CT molecular complexity index is 550. The summed E-state index contributed by atoms with van der Waals surface area (Å²) in [5, 5.41) is 9.13. The quantitative estimate of drug-likeness (QED) is 0.797. The lowest BCUT2D eigenvalue weighted by atomic mass is 10.0. The minimum atomic E-state index is 0.312. The van der Waals surface area contributed by atoms with Gasteiger partial charge in [0.15, 0.2) is 5.16 Å². The Kier molecular flexibility index (Phi) is 5.82. The first kappa shape index (κ1) is 16.0. The van der Waals surface area contributed by atoms with Crippen LogP contribution >= 0.6 is 11.8 Å². The first-order chi connectivity index (χ1) is 10.1. The fraction of sp³-hybridized carbons (Fsp3) is 0.500. The largest absolute Gasteiger partial charge is 0.309 e. The van der Waals surface area contributed by atoms with Crippen molar-refractivity contribution in [2.45, 2.75) is 43.6 Å². The van der Waals surface area contributed by atoms with Crippen molar-refractivity contribution in [1.29, 1.82) is 0 Å². The van der Waals surface area contributed by atoms with E-state index >= 15 is 0 Å². The molecule has 0 saturated carbocycles. The first-order valence-corrected chi connectivity index (χ1v) is 8.30. The summed E-state index contributed by atoms with van der Waals surface area (Å²) in [4.78, 5) is 4.31. The number of aromatic nitrogens is 3. The van der Waals surface area contributed by atoms with E-state index in [-0.39, 0.29) is 0 Å². The van der Waals surface area contributed by atoms with E-state index in [0.29, 0.717) is 11.3 Å². The van der Waals surface area contributed by atoms with E-state index in [1.54, 1.807) is 18.1 Å². The van der Waals surface area contributed by atoms with Crippen LogP contribution in [0, 0.1) is 6.92 Å². The van der Waals surface area contributed by atoms with Crippen LogP contribution in [0.1, 0.15) is 37.4 Å². The second-order valence-electron chi connectivity index (χ2n) is 5.33. The van der Waals surface area contributed by atoms with Gasteiger partial charge in [-0.2, -0.15) is 5.10 Å². The van der Waals surface area contributed by atoms with E-state index in [2.05, 4.69) is 60.4 Å². The molecule has 0 fully saturated rings. The Morgan fingerprint density at radius 1 is 1.29 bits per heavy atom. The van der Waals surface area contributed by atoms with Crippen molar-refractivity contribution >= 4 is 11.8 Å². The van der Waals surface area contributed by atoms with E-state index < -0.39 is 0 Å². The molecule has 0 radical (unpaired) electrons. The van der Waals surface area contributed by atoms with Gasteiger partial charge in [-0.3, -0.25) is 0 Å². The van der Waals surface area contributed by atoms with Crippen LogP contribution in [0.4, 0.5) is 0 Å². The molecule has 5 heteroatoms. The highest BCUT2D eigenvalue weighted by molar-refractivity contribution is 7.99. The Hall–Kier alpha value is -1.33. The fourth-order valence-corrected chi connectivity index (χ4v) is 3.28. The molecule has 114 valence electrons. The molecule has 2 atom stereocenters. The number of nitrogens with zero attached hydrogens (tertiary/aromatic N) is 3. The molecule has 0 aliphatic rings. The first-order valence-electron chi connectivity index (χ1n) is 7.42. The smallest absolute Gasteiger partial charge is 0.186 e. The SMILES string of the molecule is CCCNC(c1ccc(C)cc1)C(C)Sc1ncnn1C. The zero-order valence-corrected chi connectivity index (χ0v) is 14.0. The van der Waals surface area contributed by atoms with Crippen molar-refractivity contribution in [2.24, 2.45) is 7.05 Å². The summed E-state index contributed by atoms with van der Waals surface area (Å²) in [5.41, 5.74) is 2.62. The predicted octanol–water partition coefficient (Wildman–Crippen LogP) is 3.35. The van der Waals surface area contributed by atoms with Crippen LogP contribution in [-0.2, 0) is 7.05 Å². The van der Waals surface area contributed by atoms with Crippen LogP contribution in [0.2, 0.25) is 0 Å². The minimum Gasteiger partial charge on any atom is -0.309 e. The lowest BCUT2D eigenvalue weighted by Crippen LogP contribution is -2.29. The van der Waals surface area contributed by atoms with Gasteiger partial charge in [0, 0.05) is 18.3 Å². The number of rotatable bonds is 7. The summed E-state index contributed by atoms with van der Waals surface area (Å²) < 4.78 is 1.83. The summed E-state index contributed by atoms with van der Waals surface area (Å²) in [6.07, 6.45) is 2.74. The van der Waals surface area contributed by atoms with Crippen LogP contribution in [0.25, 0.3) is 0 Å². The van der Waals surface area contributed by atoms with Crippen molar-refractivity contribution in [3.05, 3.63) is 41.7 Å². The molecule has 0 saturated heterocycles. The standard InChI is InChI=1S/C16H24N4S/c1-5-10-17-15(14-8-6-12(2)7-9-14)13(3)21-16-18-11-19-20(16)4/h6-9,11,13,15,17H,5,10H2,1-4H3. The van der Waals surface area contributed by atoms with Crippen LogP contribution in [0.15, 0.2) is 35.7 Å². The van der Waals surface area contributed by atoms with Gasteiger partial charge in [-0.1, -0.05) is 55.4 Å². The predicted molar refractivity (Wildman–Crippen MR) is 88.5 cm³/mol. The van der Waals surface area contributed by atoms with Gasteiger partial charge < -0.3 is 5.32 Å². The van der Waals surface area contributed by atoms with E-state index in [1.807, 2.05) is 11.7 Å². The van der Waals surface area contributed by atoms with Gasteiger partial charge in [0.2, 0.25) is 0 Å². The molecule has 2 rings (SSSR count). The molecule has 1 aromatic carbocycles. The molecule has 0 spiro atoms. The molecule has 0 aliphatic carbocycles. The maximum absolute atomic E-state index is 4.31. The maximum Gasteiger partial charge on any atom is 0.186 e. The van der Waals surface area contributed by atoms with Gasteiger partial charge in [-0.15, -0.1) is 0 Å². The van der Waals surface area contributed by atoms with Crippen LogP contribution in [0.3, 0.4) is 0 Å². The second-order valence-corrected chi connectivity index (χ2v) is 6.68. The number of hydrogen-bond donors (Lipinski definition) is 1. The topological polar surface area (TPSA) is 42.7 Å². The van der Waals surface area contributed by atoms with E-state index in [1.165, 1.54) is 11.1 Å². The Morgan fingerprint density at radius 2 is 2.00 bits per heavy atom. The maximum atomic E-state index is 4.31. The van der Waals surface area contributed by atoms with E-state index in [0.717, 1.165) is 18.1 Å². The third-order valence-electron chi connectivity index (χ3n) is 3.48. The van der Waals surface area contributed by atoms with Crippen molar-refractivity contribution in [1.82, 2.24) is 20.1 Å². The van der Waals surface area contributed by atoms with Gasteiger partial charge in [-0.05, 0) is 25.5 Å². The van der Waals surface area contributed by atoms with Crippen molar-refractivity contribution < 1.29 is 0 Å². The molecule has 0 amide bonds. The summed E-state index contributed by atoms with van der Waals surface area (Å²) in [7, 11) is 1.93. The van der Waals surface area contributed by atoms with Crippen LogP contribution in [-0.4, -0.2) is 26.6 Å². The Morgan fingerprint density at radius 3 is 2.57 bits per heavy atom. The number of aryl methyl sites for hydroxylation is 2. The summed E-state index contributed by atoms with van der Waals surface area (Å²) >= 11 is 1.76. The second kappa shape index (κ2) is 7.61. The lowest BCUT2D eigenvalue weighted by Gasteiger charge is -2.25. The van der Waals surface area contributed by atoms with E-state index in [9.17, 15) is 0 Å². The van der Waals surface area contributed by atoms with Crippen LogP contribution < -0.4 is 5.32 Å². The highest BCUT2D eigenvalue weighted by atomic mass is 32.2. The lowest BCUT2D eigenvalue weighted by molar-refractivity contribution is 0.526. The number of nitrogens with one attached hydrogen (secondary N) is 1. The zero-order chi connectivity index (χ0) is 15.2.